The van der Waals surface area contributed by atoms with Crippen molar-refractivity contribution >= 4 is 23.4 Å². The Morgan fingerprint density at radius 2 is 1.88 bits per heavy atom. The molecule has 0 aliphatic rings. The normalized spacial score (nSPS) is 10.4. The van der Waals surface area contributed by atoms with E-state index >= 15 is 0 Å². The molecule has 176 valence electrons. The number of hydrogen-bond acceptors (Lipinski definition) is 8. The van der Waals surface area contributed by atoms with Gasteiger partial charge in [-0.3, -0.25) is 0 Å². The summed E-state index contributed by atoms with van der Waals surface area (Å²) in [6.07, 6.45) is 1.62. The number of amides is 2. The summed E-state index contributed by atoms with van der Waals surface area (Å²) in [5.74, 6) is 1.40. The minimum atomic E-state index is -0.313. The second kappa shape index (κ2) is 11.5. The van der Waals surface area contributed by atoms with Crippen LogP contribution in [-0.4, -0.2) is 62.3 Å². The monoisotopic (exact) mass is 461 g/mol. The molecule has 2 amide bonds. The second-order valence-electron chi connectivity index (χ2n) is 7.55. The molecule has 10 nitrogen and oxygen atoms in total. The van der Waals surface area contributed by atoms with Crippen molar-refractivity contribution in [3.63, 3.8) is 0 Å². The molecule has 0 radical (unpaired) electrons. The van der Waals surface area contributed by atoms with E-state index in [1.807, 2.05) is 25.1 Å². The molecule has 0 spiro atoms. The van der Waals surface area contributed by atoms with E-state index in [0.717, 1.165) is 12.1 Å². The number of hydrogen-bond donors (Lipinski definition) is 3. The van der Waals surface area contributed by atoms with Gasteiger partial charge in [-0.05, 0) is 44.4 Å². The number of carbonyl (C=O) groups is 1. The number of rotatable bonds is 9. The third-order valence-corrected chi connectivity index (χ3v) is 4.77. The lowest BCUT2D eigenvalue weighted by Crippen LogP contribution is -2.34. The van der Waals surface area contributed by atoms with Gasteiger partial charge in [0.25, 0.3) is 0 Å². The molecular formula is C24H27N7O3. The summed E-state index contributed by atoms with van der Waals surface area (Å²) in [5, 5.41) is 18.1. The van der Waals surface area contributed by atoms with Crippen LogP contribution in [0.5, 0.6) is 11.5 Å². The first-order valence-corrected chi connectivity index (χ1v) is 10.5. The van der Waals surface area contributed by atoms with Gasteiger partial charge in [0.2, 0.25) is 5.95 Å². The molecule has 2 aromatic carbocycles. The first-order chi connectivity index (χ1) is 16.4. The first-order valence-electron chi connectivity index (χ1n) is 10.5. The number of nitrogens with zero attached hydrogens (tertiary/aromatic N) is 4. The number of methoxy groups -OCH3 is 2. The van der Waals surface area contributed by atoms with Crippen LogP contribution in [0.2, 0.25) is 0 Å². The minimum Gasteiger partial charge on any atom is -0.497 e. The molecule has 3 rings (SSSR count). The average Bonchev–Trinajstić information content (AvgIpc) is 2.83. The fourth-order valence-corrected chi connectivity index (χ4v) is 3.09. The number of carbonyl (C=O) groups excluding carboxylic acids is 1. The van der Waals surface area contributed by atoms with E-state index in [-0.39, 0.29) is 6.03 Å². The van der Waals surface area contributed by atoms with Crippen LogP contribution in [0.3, 0.4) is 0 Å². The van der Waals surface area contributed by atoms with Crippen LogP contribution in [-0.2, 0) is 0 Å². The molecule has 10 heteroatoms. The molecule has 0 saturated carbocycles. The van der Waals surface area contributed by atoms with E-state index in [1.165, 1.54) is 7.11 Å². The molecular weight excluding hydrogens is 434 g/mol. The summed E-state index contributed by atoms with van der Waals surface area (Å²) in [4.78, 5) is 23.0. The van der Waals surface area contributed by atoms with Crippen molar-refractivity contribution in [3.05, 3.63) is 54.2 Å². The van der Waals surface area contributed by atoms with Gasteiger partial charge in [-0.2, -0.15) is 5.26 Å². The Hall–Kier alpha value is -4.36. The fourth-order valence-electron chi connectivity index (χ4n) is 3.09. The van der Waals surface area contributed by atoms with Crippen LogP contribution < -0.4 is 25.4 Å². The van der Waals surface area contributed by atoms with Gasteiger partial charge in [-0.1, -0.05) is 0 Å². The molecule has 0 saturated heterocycles. The summed E-state index contributed by atoms with van der Waals surface area (Å²) >= 11 is 0. The van der Waals surface area contributed by atoms with Gasteiger partial charge in [-0.15, -0.1) is 0 Å². The molecule has 1 aromatic heterocycles. The van der Waals surface area contributed by atoms with Crippen molar-refractivity contribution in [2.24, 2.45) is 0 Å². The third-order valence-electron chi connectivity index (χ3n) is 4.77. The Morgan fingerprint density at radius 3 is 2.59 bits per heavy atom. The van der Waals surface area contributed by atoms with Crippen molar-refractivity contribution in [2.75, 3.05) is 52.0 Å². The van der Waals surface area contributed by atoms with Gasteiger partial charge < -0.3 is 30.3 Å². The van der Waals surface area contributed by atoms with Crippen molar-refractivity contribution in [2.45, 2.75) is 0 Å². The Balaban J connectivity index is 1.78. The highest BCUT2D eigenvalue weighted by molar-refractivity contribution is 5.90. The topological polar surface area (TPSA) is 124 Å². The van der Waals surface area contributed by atoms with E-state index in [9.17, 15) is 10.1 Å². The molecule has 0 aliphatic carbocycles. The van der Waals surface area contributed by atoms with Gasteiger partial charge in [-0.25, -0.2) is 14.8 Å². The van der Waals surface area contributed by atoms with Crippen LogP contribution in [0.1, 0.15) is 5.56 Å². The van der Waals surface area contributed by atoms with Gasteiger partial charge in [0.05, 0.1) is 25.5 Å². The van der Waals surface area contributed by atoms with E-state index in [4.69, 9.17) is 9.47 Å². The van der Waals surface area contributed by atoms with E-state index in [1.54, 1.807) is 49.7 Å². The zero-order chi connectivity index (χ0) is 24.5. The number of urea groups is 1. The Kier molecular flexibility index (Phi) is 8.21. The Morgan fingerprint density at radius 1 is 1.09 bits per heavy atom. The Labute approximate surface area is 198 Å². The van der Waals surface area contributed by atoms with Gasteiger partial charge >= 0.3 is 6.03 Å². The average molecular weight is 462 g/mol. The summed E-state index contributed by atoms with van der Waals surface area (Å²) in [5.41, 5.74) is 2.99. The van der Waals surface area contributed by atoms with Gasteiger partial charge in [0.15, 0.2) is 0 Å². The minimum absolute atomic E-state index is 0.313. The zero-order valence-corrected chi connectivity index (χ0v) is 19.5. The fraction of sp³-hybridized carbons (Fsp3) is 0.250. The first kappa shape index (κ1) is 24.3. The van der Waals surface area contributed by atoms with Crippen molar-refractivity contribution in [1.29, 1.82) is 5.26 Å². The standard InChI is InChI=1S/C24H27N7O3/c1-31(2)10-9-27-24(32)29-19-12-18(13-20(14-19)33-3)28-23-26-8-7-21(30-23)16-5-6-22(34-4)17(11-16)15-25/h5-8,11-14H,9-10H2,1-4H3,(H,26,28,30)(H2,27,29,32). The molecule has 0 atom stereocenters. The van der Waals surface area contributed by atoms with E-state index in [0.29, 0.717) is 46.6 Å². The maximum Gasteiger partial charge on any atom is 0.319 e. The highest BCUT2D eigenvalue weighted by atomic mass is 16.5. The van der Waals surface area contributed by atoms with Crippen LogP contribution in [0.4, 0.5) is 22.1 Å². The molecule has 0 fully saturated rings. The van der Waals surface area contributed by atoms with Gasteiger partial charge in [0.1, 0.15) is 17.6 Å². The second-order valence-corrected chi connectivity index (χ2v) is 7.55. The molecule has 1 heterocycles. The van der Waals surface area contributed by atoms with Crippen molar-refractivity contribution in [1.82, 2.24) is 20.2 Å². The van der Waals surface area contributed by atoms with Gasteiger partial charge in [0, 0.05) is 48.4 Å². The maximum atomic E-state index is 12.2. The molecule has 0 bridgehead atoms. The number of nitriles is 1. The van der Waals surface area contributed by atoms with Crippen molar-refractivity contribution < 1.29 is 14.3 Å². The Bertz CT molecular complexity index is 1190. The van der Waals surface area contributed by atoms with Crippen molar-refractivity contribution in [3.8, 4) is 28.8 Å². The highest BCUT2D eigenvalue weighted by Crippen LogP contribution is 2.28. The molecule has 0 unspecified atom stereocenters. The van der Waals surface area contributed by atoms with Crippen LogP contribution in [0.15, 0.2) is 48.7 Å². The lowest BCUT2D eigenvalue weighted by molar-refractivity contribution is 0.250. The van der Waals surface area contributed by atoms with Crippen LogP contribution in [0, 0.1) is 11.3 Å². The SMILES string of the molecule is COc1cc(NC(=O)NCCN(C)C)cc(Nc2nccc(-c3ccc(OC)c(C#N)c3)n2)c1. The number of benzene rings is 2. The number of aromatic nitrogens is 2. The van der Waals surface area contributed by atoms with Crippen LogP contribution in [0.25, 0.3) is 11.3 Å². The lowest BCUT2D eigenvalue weighted by Gasteiger charge is -2.13. The molecule has 34 heavy (non-hydrogen) atoms. The lowest BCUT2D eigenvalue weighted by atomic mass is 10.1. The van der Waals surface area contributed by atoms with E-state index in [2.05, 4.69) is 32.0 Å². The molecule has 0 aliphatic heterocycles. The predicted octanol–water partition coefficient (Wildman–Crippen LogP) is 3.46. The predicted molar refractivity (Wildman–Crippen MR) is 131 cm³/mol. The van der Waals surface area contributed by atoms with Crippen LogP contribution >= 0.6 is 0 Å². The highest BCUT2D eigenvalue weighted by Gasteiger charge is 2.10. The maximum absolute atomic E-state index is 12.2. The summed E-state index contributed by atoms with van der Waals surface area (Å²) in [6, 6.07) is 14.1. The summed E-state index contributed by atoms with van der Waals surface area (Å²) < 4.78 is 10.6. The number of ether oxygens (including phenoxy) is 2. The molecule has 3 aromatic rings. The number of anilines is 3. The summed E-state index contributed by atoms with van der Waals surface area (Å²) in [7, 11) is 6.95. The number of nitrogens with one attached hydrogen (secondary N) is 3. The smallest absolute Gasteiger partial charge is 0.319 e. The van der Waals surface area contributed by atoms with E-state index < -0.39 is 0 Å². The molecule has 3 N–H and O–H groups in total. The zero-order valence-electron chi connectivity index (χ0n) is 19.5. The number of likely N-dealkylation sites (N-methyl/N-ethyl adjacent to an activating group) is 1. The largest absolute Gasteiger partial charge is 0.497 e. The third kappa shape index (κ3) is 6.57. The summed E-state index contributed by atoms with van der Waals surface area (Å²) in [6.45, 7) is 1.25. The quantitative estimate of drug-likeness (QED) is 0.443.